The van der Waals surface area contributed by atoms with Crippen LogP contribution in [-0.2, 0) is 5.41 Å². The van der Waals surface area contributed by atoms with Gasteiger partial charge in [0.2, 0.25) is 0 Å². The van der Waals surface area contributed by atoms with Gasteiger partial charge >= 0.3 is 0 Å². The molecule has 0 fully saturated rings. The first-order chi connectivity index (χ1) is 12.6. The zero-order valence-electron chi connectivity index (χ0n) is 15.8. The number of hydrogen-bond donors (Lipinski definition) is 3. The van der Waals surface area contributed by atoms with Gasteiger partial charge in [0, 0.05) is 22.8 Å². The molecule has 0 atom stereocenters. The number of nitrogens with one attached hydrogen (secondary N) is 1. The van der Waals surface area contributed by atoms with E-state index in [2.05, 4.69) is 47.2 Å². The van der Waals surface area contributed by atoms with Gasteiger partial charge in [0.05, 0.1) is 10.7 Å². The average Bonchev–Trinajstić information content (AvgIpc) is 2.59. The maximum absolute atomic E-state index is 12.1. The Morgan fingerprint density at radius 1 is 1.26 bits per heavy atom. The van der Waals surface area contributed by atoms with Crippen molar-refractivity contribution in [1.82, 2.24) is 5.43 Å². The van der Waals surface area contributed by atoms with Crippen LogP contribution in [0.3, 0.4) is 0 Å². The van der Waals surface area contributed by atoms with E-state index in [1.807, 2.05) is 12.1 Å². The molecule has 27 heavy (non-hydrogen) atoms. The van der Waals surface area contributed by atoms with Crippen molar-refractivity contribution in [2.24, 2.45) is 5.10 Å². The minimum Gasteiger partial charge on any atom is -0.506 e. The van der Waals surface area contributed by atoms with Crippen molar-refractivity contribution in [3.63, 3.8) is 0 Å². The molecule has 0 aliphatic carbocycles. The Morgan fingerprint density at radius 3 is 2.33 bits per heavy atom. The predicted octanol–water partition coefficient (Wildman–Crippen LogP) is 4.87. The van der Waals surface area contributed by atoms with E-state index < -0.39 is 0 Å². The van der Waals surface area contributed by atoms with Gasteiger partial charge in [-0.1, -0.05) is 44.5 Å². The number of benzene rings is 2. The van der Waals surface area contributed by atoms with Crippen molar-refractivity contribution < 1.29 is 15.0 Å². The van der Waals surface area contributed by atoms with Gasteiger partial charge in [-0.25, -0.2) is 5.43 Å². The van der Waals surface area contributed by atoms with E-state index in [0.29, 0.717) is 20.6 Å². The molecular formula is C20H24BrClN2O3. The molecule has 2 aromatic carbocycles. The Morgan fingerprint density at radius 2 is 1.81 bits per heavy atom. The molecule has 3 N–H and O–H groups in total. The Bertz CT molecular complexity index is 800. The van der Waals surface area contributed by atoms with Gasteiger partial charge in [-0.15, -0.1) is 0 Å². The Hall–Kier alpha value is -1.89. The minimum absolute atomic E-state index is 0.00642. The first-order valence-electron chi connectivity index (χ1n) is 8.33. The number of amides is 1. The summed E-state index contributed by atoms with van der Waals surface area (Å²) in [6, 6.07) is 10.5. The summed E-state index contributed by atoms with van der Waals surface area (Å²) in [6.45, 7) is 8.27. The first kappa shape index (κ1) is 23.1. The van der Waals surface area contributed by atoms with Crippen LogP contribution >= 0.6 is 27.5 Å². The summed E-state index contributed by atoms with van der Waals surface area (Å²) in [5, 5.41) is 21.8. The van der Waals surface area contributed by atoms with Crippen LogP contribution in [0.1, 0.15) is 49.2 Å². The number of halogens is 2. The van der Waals surface area contributed by atoms with Gasteiger partial charge < -0.3 is 10.2 Å². The Labute approximate surface area is 173 Å². The van der Waals surface area contributed by atoms with Crippen LogP contribution in [0.25, 0.3) is 0 Å². The standard InChI is InChI=1S/C18H18BrClN2O2.C2H6O/c1-18(2,3)13-6-4-11(5-7-13)17(24)22-21-10-12-8-14(20)9-15(19)16(12)23;1-2-3/h4-10,23H,1-3H3,(H,22,24);3H,2H2,1H3/b21-10+;. The maximum atomic E-state index is 12.1. The molecule has 0 spiro atoms. The number of aliphatic hydroxyl groups excluding tert-OH is 1. The molecule has 0 radical (unpaired) electrons. The number of hydrogen-bond acceptors (Lipinski definition) is 4. The van der Waals surface area contributed by atoms with Crippen LogP contribution < -0.4 is 5.43 Å². The molecule has 7 heteroatoms. The molecule has 0 unspecified atom stereocenters. The zero-order valence-corrected chi connectivity index (χ0v) is 18.1. The number of aromatic hydroxyl groups is 1. The second-order valence-electron chi connectivity index (χ2n) is 6.67. The summed E-state index contributed by atoms with van der Waals surface area (Å²) in [5.74, 6) is -0.320. The lowest BCUT2D eigenvalue weighted by atomic mass is 9.87. The number of rotatable bonds is 3. The molecular weight excluding hydrogens is 432 g/mol. The highest BCUT2D eigenvalue weighted by Gasteiger charge is 2.14. The van der Waals surface area contributed by atoms with E-state index in [4.69, 9.17) is 16.7 Å². The highest BCUT2D eigenvalue weighted by Crippen LogP contribution is 2.30. The minimum atomic E-state index is -0.327. The molecule has 5 nitrogen and oxygen atoms in total. The van der Waals surface area contributed by atoms with E-state index in [9.17, 15) is 9.90 Å². The summed E-state index contributed by atoms with van der Waals surface area (Å²) < 4.78 is 0.459. The smallest absolute Gasteiger partial charge is 0.271 e. The number of nitrogens with zero attached hydrogens (tertiary/aromatic N) is 1. The number of carbonyl (C=O) groups is 1. The van der Waals surface area contributed by atoms with Gasteiger partial charge in [-0.2, -0.15) is 5.10 Å². The van der Waals surface area contributed by atoms with Crippen molar-refractivity contribution >= 4 is 39.7 Å². The molecule has 2 rings (SSSR count). The third-order valence-electron chi connectivity index (χ3n) is 3.44. The van der Waals surface area contributed by atoms with Gasteiger partial charge in [-0.05, 0) is 58.1 Å². The Balaban J connectivity index is 0.00000114. The lowest BCUT2D eigenvalue weighted by Crippen LogP contribution is -2.18. The van der Waals surface area contributed by atoms with Crippen LogP contribution in [0.5, 0.6) is 5.75 Å². The predicted molar refractivity (Wildman–Crippen MR) is 114 cm³/mol. The monoisotopic (exact) mass is 454 g/mol. The van der Waals surface area contributed by atoms with Crippen molar-refractivity contribution in [3.8, 4) is 5.75 Å². The van der Waals surface area contributed by atoms with E-state index in [1.54, 1.807) is 31.2 Å². The highest BCUT2D eigenvalue weighted by atomic mass is 79.9. The van der Waals surface area contributed by atoms with Crippen LogP contribution in [-0.4, -0.2) is 28.9 Å². The zero-order chi connectivity index (χ0) is 20.6. The summed E-state index contributed by atoms with van der Waals surface area (Å²) in [5.41, 5.74) is 4.53. The van der Waals surface area contributed by atoms with Crippen LogP contribution in [0.15, 0.2) is 46.0 Å². The fourth-order valence-electron chi connectivity index (χ4n) is 2.03. The molecule has 0 saturated heterocycles. The molecule has 0 aliphatic heterocycles. The van der Waals surface area contributed by atoms with Gasteiger partial charge in [-0.3, -0.25) is 4.79 Å². The largest absolute Gasteiger partial charge is 0.506 e. The summed E-state index contributed by atoms with van der Waals surface area (Å²) >= 11 is 9.11. The molecule has 0 bridgehead atoms. The van der Waals surface area contributed by atoms with Crippen molar-refractivity contribution in [1.29, 1.82) is 0 Å². The Kier molecular flexibility index (Phi) is 8.96. The number of carbonyl (C=O) groups excluding carboxylic acids is 1. The lowest BCUT2D eigenvalue weighted by Gasteiger charge is -2.18. The van der Waals surface area contributed by atoms with E-state index in [0.717, 1.165) is 5.56 Å². The van der Waals surface area contributed by atoms with E-state index in [-0.39, 0.29) is 23.7 Å². The topological polar surface area (TPSA) is 81.9 Å². The maximum Gasteiger partial charge on any atom is 0.271 e. The van der Waals surface area contributed by atoms with E-state index >= 15 is 0 Å². The van der Waals surface area contributed by atoms with Crippen molar-refractivity contribution in [3.05, 3.63) is 62.6 Å². The van der Waals surface area contributed by atoms with Crippen LogP contribution in [0.4, 0.5) is 0 Å². The fourth-order valence-corrected chi connectivity index (χ4v) is 2.86. The second kappa shape index (κ2) is 10.4. The summed E-state index contributed by atoms with van der Waals surface area (Å²) in [7, 11) is 0. The quantitative estimate of drug-likeness (QED) is 0.456. The molecule has 0 aliphatic rings. The normalized spacial score (nSPS) is 11.1. The number of hydrazone groups is 1. The molecule has 0 saturated carbocycles. The highest BCUT2D eigenvalue weighted by molar-refractivity contribution is 9.10. The SMILES string of the molecule is CC(C)(C)c1ccc(C(=O)N/N=C/c2cc(Cl)cc(Br)c2O)cc1.CCO. The van der Waals surface area contributed by atoms with Gasteiger partial charge in [0.25, 0.3) is 5.91 Å². The molecule has 2 aromatic rings. The summed E-state index contributed by atoms with van der Waals surface area (Å²) in [4.78, 5) is 12.1. The molecule has 1 amide bonds. The lowest BCUT2D eigenvalue weighted by molar-refractivity contribution is 0.0955. The van der Waals surface area contributed by atoms with E-state index in [1.165, 1.54) is 6.21 Å². The third-order valence-corrected chi connectivity index (χ3v) is 4.26. The van der Waals surface area contributed by atoms with Crippen molar-refractivity contribution in [2.45, 2.75) is 33.1 Å². The molecule has 146 valence electrons. The first-order valence-corrected chi connectivity index (χ1v) is 9.50. The number of phenolic OH excluding ortho intramolecular Hbond substituents is 1. The second-order valence-corrected chi connectivity index (χ2v) is 7.96. The van der Waals surface area contributed by atoms with Crippen LogP contribution in [0.2, 0.25) is 5.02 Å². The number of phenols is 1. The third kappa shape index (κ3) is 7.33. The van der Waals surface area contributed by atoms with Gasteiger partial charge in [0.15, 0.2) is 0 Å². The van der Waals surface area contributed by atoms with Crippen molar-refractivity contribution in [2.75, 3.05) is 6.61 Å². The molecule has 0 heterocycles. The summed E-state index contributed by atoms with van der Waals surface area (Å²) in [6.07, 6.45) is 1.34. The van der Waals surface area contributed by atoms with Crippen LogP contribution in [0, 0.1) is 0 Å². The fraction of sp³-hybridized carbons (Fsp3) is 0.300. The van der Waals surface area contributed by atoms with Gasteiger partial charge in [0.1, 0.15) is 5.75 Å². The number of aliphatic hydroxyl groups is 1. The average molecular weight is 456 g/mol. The molecule has 0 aromatic heterocycles.